The molecule has 0 saturated carbocycles. The fourth-order valence-corrected chi connectivity index (χ4v) is 5.59. The van der Waals surface area contributed by atoms with Gasteiger partial charge in [0.1, 0.15) is 23.1 Å². The quantitative estimate of drug-likeness (QED) is 0.528. The number of carbonyl (C=O) groups is 1. The van der Waals surface area contributed by atoms with Gasteiger partial charge < -0.3 is 9.84 Å². The predicted octanol–water partition coefficient (Wildman–Crippen LogP) is 4.61. The molecule has 1 fully saturated rings. The van der Waals surface area contributed by atoms with Gasteiger partial charge in [-0.1, -0.05) is 5.16 Å². The Morgan fingerprint density at radius 3 is 2.37 bits per heavy atom. The lowest BCUT2D eigenvalue weighted by molar-refractivity contribution is -0.120. The van der Waals surface area contributed by atoms with Crippen molar-refractivity contribution in [2.75, 3.05) is 18.4 Å². The highest BCUT2D eigenvalue weighted by Gasteiger charge is 2.36. The molecule has 0 bridgehead atoms. The number of hydrogen-bond donors (Lipinski definition) is 1. The van der Waals surface area contributed by atoms with E-state index in [9.17, 15) is 26.4 Å². The third-order valence-corrected chi connectivity index (χ3v) is 7.80. The Balaban J connectivity index is 1.46. The van der Waals surface area contributed by atoms with Crippen LogP contribution in [0, 0.1) is 30.3 Å². The van der Waals surface area contributed by atoms with E-state index >= 15 is 0 Å². The van der Waals surface area contributed by atoms with E-state index in [0.717, 1.165) is 12.1 Å². The summed E-state index contributed by atoms with van der Waals surface area (Å²) < 4.78 is 73.2. The van der Waals surface area contributed by atoms with Gasteiger partial charge in [0, 0.05) is 36.3 Å². The molecule has 2 heterocycles. The number of rotatable bonds is 6. The zero-order chi connectivity index (χ0) is 25.2. The molecule has 35 heavy (non-hydrogen) atoms. The van der Waals surface area contributed by atoms with Crippen molar-refractivity contribution < 1.29 is 30.9 Å². The number of amides is 1. The van der Waals surface area contributed by atoms with Gasteiger partial charge in [-0.25, -0.2) is 21.6 Å². The molecule has 1 aliphatic rings. The normalized spacial score (nSPS) is 15.5. The van der Waals surface area contributed by atoms with E-state index in [2.05, 4.69) is 10.5 Å². The summed E-state index contributed by atoms with van der Waals surface area (Å²) in [7, 11) is -4.02. The number of anilines is 1. The van der Waals surface area contributed by atoms with E-state index in [1.54, 1.807) is 0 Å². The van der Waals surface area contributed by atoms with Crippen LogP contribution in [0.1, 0.15) is 29.9 Å². The van der Waals surface area contributed by atoms with E-state index in [0.29, 0.717) is 18.5 Å². The highest BCUT2D eigenvalue weighted by molar-refractivity contribution is 7.89. The molecular weight excluding hydrogens is 483 g/mol. The topological polar surface area (TPSA) is 92.5 Å². The number of nitrogens with zero attached hydrogens (tertiary/aromatic N) is 2. The lowest BCUT2D eigenvalue weighted by Gasteiger charge is -2.30. The largest absolute Gasteiger partial charge is 0.355 e. The van der Waals surface area contributed by atoms with Crippen molar-refractivity contribution in [2.45, 2.75) is 24.7 Å². The van der Waals surface area contributed by atoms with E-state index < -0.39 is 33.4 Å². The minimum absolute atomic E-state index is 0.0526. The molecule has 1 amide bonds. The second kappa shape index (κ2) is 10.0. The van der Waals surface area contributed by atoms with E-state index in [1.165, 1.54) is 53.7 Å². The second-order valence-electron chi connectivity index (χ2n) is 8.14. The van der Waals surface area contributed by atoms with Crippen LogP contribution in [0.4, 0.5) is 18.9 Å². The number of sulfonamides is 1. The minimum atomic E-state index is -4.02. The van der Waals surface area contributed by atoms with Crippen molar-refractivity contribution in [3.8, 4) is 0 Å². The van der Waals surface area contributed by atoms with Gasteiger partial charge in [-0.3, -0.25) is 4.79 Å². The van der Waals surface area contributed by atoms with E-state index in [4.69, 9.17) is 4.52 Å². The molecule has 1 N–H and O–H groups in total. The van der Waals surface area contributed by atoms with Crippen LogP contribution in [0.5, 0.6) is 0 Å². The maximum absolute atomic E-state index is 13.9. The number of aryl methyl sites for hydroxylation is 1. The number of halogens is 3. The average molecular weight is 506 g/mol. The molecule has 1 aromatic heterocycles. The maximum Gasteiger partial charge on any atom is 0.248 e. The van der Waals surface area contributed by atoms with Crippen molar-refractivity contribution in [1.82, 2.24) is 9.46 Å². The van der Waals surface area contributed by atoms with Gasteiger partial charge in [0.05, 0.1) is 0 Å². The molecule has 11 heteroatoms. The van der Waals surface area contributed by atoms with Crippen LogP contribution in [0.15, 0.2) is 51.9 Å². The molecule has 184 valence electrons. The fraction of sp³-hybridized carbons (Fsp3) is 0.250. The Hall–Kier alpha value is -3.44. The zero-order valence-electron chi connectivity index (χ0n) is 18.7. The third-order valence-electron chi connectivity index (χ3n) is 5.74. The lowest BCUT2D eigenvalue weighted by Crippen LogP contribution is -2.41. The van der Waals surface area contributed by atoms with Gasteiger partial charge in [0.15, 0.2) is 10.7 Å². The number of hydrogen-bond acceptors (Lipinski definition) is 5. The highest BCUT2D eigenvalue weighted by atomic mass is 32.2. The van der Waals surface area contributed by atoms with Crippen molar-refractivity contribution >= 4 is 33.8 Å². The van der Waals surface area contributed by atoms with Crippen molar-refractivity contribution in [3.63, 3.8) is 0 Å². The standard InChI is InChI=1S/C24H22F3N3O4S/c1-15-23(22(34-29-15)9-3-16-2-4-19(26)14-21(16)27)35(32,33)30-12-10-17(11-13-30)24(31)28-20-7-5-18(25)6-8-20/h2-9,14,17H,10-13H2,1H3,(H,28,31)/b9-3+. The number of piperidine rings is 1. The molecule has 0 atom stereocenters. The molecule has 2 aromatic carbocycles. The maximum atomic E-state index is 13.9. The Labute approximate surface area is 200 Å². The van der Waals surface area contributed by atoms with Gasteiger partial charge in [0.25, 0.3) is 0 Å². The molecule has 1 aliphatic heterocycles. The van der Waals surface area contributed by atoms with Crippen molar-refractivity contribution in [1.29, 1.82) is 0 Å². The molecule has 4 rings (SSSR count). The first-order valence-corrected chi connectivity index (χ1v) is 12.2. The number of carbonyl (C=O) groups excluding carboxylic acids is 1. The van der Waals surface area contributed by atoms with Gasteiger partial charge >= 0.3 is 0 Å². The second-order valence-corrected chi connectivity index (χ2v) is 10.0. The summed E-state index contributed by atoms with van der Waals surface area (Å²) in [6.45, 7) is 1.68. The number of benzene rings is 2. The Kier molecular flexibility index (Phi) is 7.08. The molecule has 7 nitrogen and oxygen atoms in total. The highest BCUT2D eigenvalue weighted by Crippen LogP contribution is 2.30. The van der Waals surface area contributed by atoms with Crippen LogP contribution in [-0.4, -0.2) is 36.9 Å². The summed E-state index contributed by atoms with van der Waals surface area (Å²) in [5.41, 5.74) is 0.651. The van der Waals surface area contributed by atoms with Gasteiger partial charge in [-0.15, -0.1) is 0 Å². The van der Waals surface area contributed by atoms with Crippen LogP contribution in [0.25, 0.3) is 12.2 Å². The van der Waals surface area contributed by atoms with Gasteiger partial charge in [-0.05, 0) is 68.3 Å². The van der Waals surface area contributed by atoms with Gasteiger partial charge in [-0.2, -0.15) is 4.31 Å². The van der Waals surface area contributed by atoms with E-state index in [1.807, 2.05) is 0 Å². The molecular formula is C24H22F3N3O4S. The lowest BCUT2D eigenvalue weighted by atomic mass is 9.97. The van der Waals surface area contributed by atoms with Crippen LogP contribution in [0.2, 0.25) is 0 Å². The predicted molar refractivity (Wildman–Crippen MR) is 123 cm³/mol. The monoisotopic (exact) mass is 505 g/mol. The van der Waals surface area contributed by atoms with Crippen LogP contribution in [0.3, 0.4) is 0 Å². The average Bonchev–Trinajstić information content (AvgIpc) is 3.21. The van der Waals surface area contributed by atoms with Crippen molar-refractivity contribution in [3.05, 3.63) is 76.9 Å². The first kappa shape index (κ1) is 24.7. The summed E-state index contributed by atoms with van der Waals surface area (Å²) in [6.07, 6.45) is 3.14. The number of nitrogens with one attached hydrogen (secondary N) is 1. The molecule has 0 spiro atoms. The van der Waals surface area contributed by atoms with E-state index in [-0.39, 0.29) is 40.9 Å². The van der Waals surface area contributed by atoms with Crippen LogP contribution >= 0.6 is 0 Å². The molecule has 3 aromatic rings. The first-order valence-electron chi connectivity index (χ1n) is 10.8. The first-order chi connectivity index (χ1) is 16.6. The van der Waals surface area contributed by atoms with Crippen LogP contribution in [-0.2, 0) is 14.8 Å². The summed E-state index contributed by atoms with van der Waals surface area (Å²) in [6, 6.07) is 8.41. The Morgan fingerprint density at radius 2 is 1.71 bits per heavy atom. The summed E-state index contributed by atoms with van der Waals surface area (Å²) in [5, 5.41) is 6.46. The van der Waals surface area contributed by atoms with Crippen LogP contribution < -0.4 is 5.32 Å². The summed E-state index contributed by atoms with van der Waals surface area (Å²) in [5.74, 6) is -2.70. The third kappa shape index (κ3) is 5.46. The fourth-order valence-electron chi connectivity index (χ4n) is 3.87. The Morgan fingerprint density at radius 1 is 1.06 bits per heavy atom. The summed E-state index contributed by atoms with van der Waals surface area (Å²) >= 11 is 0. The van der Waals surface area contributed by atoms with Gasteiger partial charge in [0.2, 0.25) is 15.9 Å². The summed E-state index contributed by atoms with van der Waals surface area (Å²) in [4.78, 5) is 12.4. The molecule has 0 aliphatic carbocycles. The van der Waals surface area contributed by atoms with Crippen molar-refractivity contribution in [2.24, 2.45) is 5.92 Å². The smallest absolute Gasteiger partial charge is 0.248 e. The Bertz CT molecular complexity index is 1360. The number of aromatic nitrogens is 1. The minimum Gasteiger partial charge on any atom is -0.355 e. The zero-order valence-corrected chi connectivity index (χ0v) is 19.5. The SMILES string of the molecule is Cc1noc(/C=C/c2ccc(F)cc2F)c1S(=O)(=O)N1CCC(C(=O)Nc2ccc(F)cc2)CC1. The molecule has 0 unspecified atom stereocenters. The molecule has 1 saturated heterocycles. The molecule has 0 radical (unpaired) electrons.